The van der Waals surface area contributed by atoms with Gasteiger partial charge in [-0.1, -0.05) is 12.1 Å². The molecule has 134 valence electrons. The van der Waals surface area contributed by atoms with E-state index in [-0.39, 0.29) is 5.69 Å². The Hall–Kier alpha value is -3.07. The first kappa shape index (κ1) is 16.4. The van der Waals surface area contributed by atoms with Gasteiger partial charge < -0.3 is 9.80 Å². The minimum Gasteiger partial charge on any atom is -0.353 e. The van der Waals surface area contributed by atoms with Gasteiger partial charge in [0.2, 0.25) is 0 Å². The highest BCUT2D eigenvalue weighted by molar-refractivity contribution is 5.86. The van der Waals surface area contributed by atoms with Crippen LogP contribution in [0, 0.1) is 10.1 Å². The molecule has 0 unspecified atom stereocenters. The van der Waals surface area contributed by atoms with E-state index < -0.39 is 4.92 Å². The Kier molecular flexibility index (Phi) is 4.21. The van der Waals surface area contributed by atoms with E-state index in [1.807, 2.05) is 6.07 Å². The number of non-ortho nitro benzene ring substituents is 1. The molecule has 26 heavy (non-hydrogen) atoms. The molecule has 0 N–H and O–H groups in total. The Morgan fingerprint density at radius 3 is 2.77 bits per heavy atom. The van der Waals surface area contributed by atoms with Gasteiger partial charge >= 0.3 is 0 Å². The van der Waals surface area contributed by atoms with Crippen molar-refractivity contribution >= 4 is 22.5 Å². The summed E-state index contributed by atoms with van der Waals surface area (Å²) in [6.07, 6.45) is 3.34. The van der Waals surface area contributed by atoms with E-state index in [4.69, 9.17) is 0 Å². The molecule has 3 aromatic rings. The third-order valence-electron chi connectivity index (χ3n) is 4.67. The van der Waals surface area contributed by atoms with Crippen molar-refractivity contribution in [2.24, 2.45) is 0 Å². The number of rotatable bonds is 4. The number of piperazine rings is 1. The van der Waals surface area contributed by atoms with Crippen LogP contribution in [0.1, 0.15) is 5.56 Å². The second-order valence-corrected chi connectivity index (χ2v) is 6.45. The number of nitro benzene ring substituents is 1. The van der Waals surface area contributed by atoms with Gasteiger partial charge in [-0.25, -0.2) is 14.6 Å². The lowest BCUT2D eigenvalue weighted by molar-refractivity contribution is -0.384. The molecule has 2 aromatic heterocycles. The van der Waals surface area contributed by atoms with Crippen molar-refractivity contribution in [3.05, 3.63) is 52.5 Å². The number of aromatic nitrogens is 4. The molecule has 0 atom stereocenters. The molecule has 0 bridgehead atoms. The number of hydrogen-bond donors (Lipinski definition) is 0. The number of fused-ring (bicyclic) bond motifs is 1. The minimum absolute atomic E-state index is 0.0757. The van der Waals surface area contributed by atoms with Gasteiger partial charge in [0, 0.05) is 38.3 Å². The highest BCUT2D eigenvalue weighted by atomic mass is 16.6. The molecule has 4 rings (SSSR count). The smallest absolute Gasteiger partial charge is 0.269 e. The fourth-order valence-electron chi connectivity index (χ4n) is 3.21. The van der Waals surface area contributed by atoms with Crippen molar-refractivity contribution in [2.75, 3.05) is 38.1 Å². The summed E-state index contributed by atoms with van der Waals surface area (Å²) in [5.74, 6) is 0.897. The lowest BCUT2D eigenvalue weighted by Gasteiger charge is -2.33. The van der Waals surface area contributed by atoms with Gasteiger partial charge in [0.25, 0.3) is 5.69 Å². The summed E-state index contributed by atoms with van der Waals surface area (Å²) < 4.78 is 1.76. The molecular formula is C17H19N7O2. The Morgan fingerprint density at radius 1 is 1.19 bits per heavy atom. The van der Waals surface area contributed by atoms with Crippen LogP contribution in [0.4, 0.5) is 11.5 Å². The first-order valence-corrected chi connectivity index (χ1v) is 8.45. The molecule has 1 aliphatic rings. The van der Waals surface area contributed by atoms with Crippen molar-refractivity contribution in [1.82, 2.24) is 24.6 Å². The van der Waals surface area contributed by atoms with Crippen LogP contribution in [0.25, 0.3) is 11.0 Å². The van der Waals surface area contributed by atoms with Gasteiger partial charge in [-0.15, -0.1) is 0 Å². The highest BCUT2D eigenvalue weighted by Crippen LogP contribution is 2.24. The second-order valence-electron chi connectivity index (χ2n) is 6.45. The molecule has 0 amide bonds. The van der Waals surface area contributed by atoms with Crippen LogP contribution in [-0.4, -0.2) is 62.8 Å². The summed E-state index contributed by atoms with van der Waals surface area (Å²) in [6.45, 7) is 4.24. The van der Waals surface area contributed by atoms with E-state index in [0.717, 1.165) is 48.6 Å². The Morgan fingerprint density at radius 2 is 2.00 bits per heavy atom. The highest BCUT2D eigenvalue weighted by Gasteiger charge is 2.19. The summed E-state index contributed by atoms with van der Waals surface area (Å²) in [6, 6.07) is 6.58. The molecule has 9 nitrogen and oxygen atoms in total. The predicted molar refractivity (Wildman–Crippen MR) is 97.2 cm³/mol. The summed E-state index contributed by atoms with van der Waals surface area (Å²) in [4.78, 5) is 24.0. The molecule has 1 saturated heterocycles. The molecule has 1 fully saturated rings. The normalized spacial score (nSPS) is 15.5. The van der Waals surface area contributed by atoms with Crippen molar-refractivity contribution in [3.8, 4) is 0 Å². The fraction of sp³-hybridized carbons (Fsp3) is 0.353. The van der Waals surface area contributed by atoms with Crippen LogP contribution in [0.3, 0.4) is 0 Å². The van der Waals surface area contributed by atoms with Crippen LogP contribution >= 0.6 is 0 Å². The van der Waals surface area contributed by atoms with Crippen molar-refractivity contribution < 1.29 is 4.92 Å². The van der Waals surface area contributed by atoms with E-state index in [2.05, 4.69) is 31.9 Å². The lowest BCUT2D eigenvalue weighted by Crippen LogP contribution is -2.44. The van der Waals surface area contributed by atoms with Crippen molar-refractivity contribution in [2.45, 2.75) is 6.54 Å². The third-order valence-corrected chi connectivity index (χ3v) is 4.67. The molecule has 1 aromatic carbocycles. The maximum absolute atomic E-state index is 11.0. The summed E-state index contributed by atoms with van der Waals surface area (Å²) >= 11 is 0. The Labute approximate surface area is 150 Å². The van der Waals surface area contributed by atoms with Gasteiger partial charge in [0.05, 0.1) is 23.1 Å². The minimum atomic E-state index is -0.391. The Bertz CT molecular complexity index is 947. The molecule has 0 aliphatic carbocycles. The first-order valence-electron chi connectivity index (χ1n) is 8.45. The number of hydrogen-bond acceptors (Lipinski definition) is 7. The Balaban J connectivity index is 1.64. The number of anilines is 1. The lowest BCUT2D eigenvalue weighted by atomic mass is 10.2. The standard InChI is InChI=1S/C17H19N7O2/c1-21-5-7-22(8-6-21)16-15-10-20-23(17(15)19-12-18-16)11-13-3-2-4-14(9-13)24(25)26/h2-4,9-10,12H,5-8,11H2,1H3. The number of likely N-dealkylation sites (N-methyl/N-ethyl adjacent to an activating group) is 1. The average molecular weight is 353 g/mol. The summed E-state index contributed by atoms with van der Waals surface area (Å²) in [5, 5.41) is 16.3. The second kappa shape index (κ2) is 6.68. The third kappa shape index (κ3) is 3.08. The van der Waals surface area contributed by atoms with Gasteiger partial charge in [-0.2, -0.15) is 5.10 Å². The van der Waals surface area contributed by atoms with E-state index >= 15 is 0 Å². The van der Waals surface area contributed by atoms with Gasteiger partial charge in [-0.3, -0.25) is 10.1 Å². The monoisotopic (exact) mass is 353 g/mol. The number of nitro groups is 1. The number of nitrogens with zero attached hydrogens (tertiary/aromatic N) is 7. The van der Waals surface area contributed by atoms with Gasteiger partial charge in [-0.05, 0) is 12.6 Å². The van der Waals surface area contributed by atoms with E-state index in [9.17, 15) is 10.1 Å². The summed E-state index contributed by atoms with van der Waals surface area (Å²) in [7, 11) is 2.12. The predicted octanol–water partition coefficient (Wildman–Crippen LogP) is 1.53. The van der Waals surface area contributed by atoms with Crippen LogP contribution in [0.5, 0.6) is 0 Å². The fourth-order valence-corrected chi connectivity index (χ4v) is 3.21. The zero-order valence-corrected chi connectivity index (χ0v) is 14.4. The largest absolute Gasteiger partial charge is 0.353 e. The zero-order valence-electron chi connectivity index (χ0n) is 14.4. The average Bonchev–Trinajstić information content (AvgIpc) is 3.06. The maximum Gasteiger partial charge on any atom is 0.269 e. The quantitative estimate of drug-likeness (QED) is 0.519. The number of benzene rings is 1. The van der Waals surface area contributed by atoms with Crippen molar-refractivity contribution in [3.63, 3.8) is 0 Å². The zero-order chi connectivity index (χ0) is 18.1. The maximum atomic E-state index is 11.0. The molecule has 3 heterocycles. The van der Waals surface area contributed by atoms with Gasteiger partial charge in [0.1, 0.15) is 12.1 Å². The molecule has 9 heteroatoms. The topological polar surface area (TPSA) is 93.2 Å². The van der Waals surface area contributed by atoms with E-state index in [0.29, 0.717) is 6.54 Å². The van der Waals surface area contributed by atoms with Crippen LogP contribution in [-0.2, 0) is 6.54 Å². The molecule has 1 aliphatic heterocycles. The van der Waals surface area contributed by atoms with Crippen molar-refractivity contribution in [1.29, 1.82) is 0 Å². The molecule has 0 saturated carbocycles. The molecule has 0 radical (unpaired) electrons. The first-order chi connectivity index (χ1) is 12.6. The van der Waals surface area contributed by atoms with Crippen LogP contribution < -0.4 is 4.90 Å². The molecular weight excluding hydrogens is 334 g/mol. The van der Waals surface area contributed by atoms with Crippen LogP contribution in [0.2, 0.25) is 0 Å². The van der Waals surface area contributed by atoms with Gasteiger partial charge in [0.15, 0.2) is 5.65 Å². The summed E-state index contributed by atoms with van der Waals surface area (Å²) in [5.41, 5.74) is 1.62. The van der Waals surface area contributed by atoms with E-state index in [1.165, 1.54) is 6.07 Å². The van der Waals surface area contributed by atoms with Crippen LogP contribution in [0.15, 0.2) is 36.8 Å². The SMILES string of the molecule is CN1CCN(c2ncnc3c2cnn3Cc2cccc([N+](=O)[O-])c2)CC1. The molecule has 0 spiro atoms. The van der Waals surface area contributed by atoms with E-state index in [1.54, 1.807) is 29.3 Å².